The van der Waals surface area contributed by atoms with E-state index in [-0.39, 0.29) is 18.0 Å². The first-order valence-electron chi connectivity index (χ1n) is 8.29. The van der Waals surface area contributed by atoms with Gasteiger partial charge in [-0.05, 0) is 38.6 Å². The third kappa shape index (κ3) is 3.17. The normalized spacial score (nSPS) is 19.3. The number of amides is 1. The van der Waals surface area contributed by atoms with Crippen LogP contribution in [-0.2, 0) is 0 Å². The molecule has 1 aromatic heterocycles. The van der Waals surface area contributed by atoms with Gasteiger partial charge < -0.3 is 14.4 Å². The number of carbonyl (C=O) groups excluding carboxylic acids is 1. The third-order valence-corrected chi connectivity index (χ3v) is 4.58. The molecule has 1 atom stereocenters. The molecule has 0 spiro atoms. The quantitative estimate of drug-likeness (QED) is 0.871. The summed E-state index contributed by atoms with van der Waals surface area (Å²) in [5, 5.41) is 0. The number of piperazine rings is 1. The monoisotopic (exact) mass is 311 g/mol. The van der Waals surface area contributed by atoms with Gasteiger partial charge in [-0.2, -0.15) is 0 Å². The Morgan fingerprint density at radius 3 is 2.52 bits per heavy atom. The fraction of sp³-hybridized carbons (Fsp3) is 0.421. The first kappa shape index (κ1) is 15.8. The molecule has 0 unspecified atom stereocenters. The predicted octanol–water partition coefficient (Wildman–Crippen LogP) is 3.20. The molecule has 0 bridgehead atoms. The third-order valence-electron chi connectivity index (χ3n) is 4.58. The maximum absolute atomic E-state index is 13.2. The molecule has 2 heterocycles. The van der Waals surface area contributed by atoms with Crippen LogP contribution in [0.25, 0.3) is 0 Å². The highest BCUT2D eigenvalue weighted by molar-refractivity contribution is 5.93. The molecule has 0 N–H and O–H groups in total. The standard InChI is InChI=1S/C19H25N3O/c1-15(2)21-11-7-10-17(21)19(23)22-13-12-20(3)14-18(22)16-8-5-4-6-9-16/h4-11,15,18H,12-14H2,1-3H3/t18-/m1/s1. The fourth-order valence-corrected chi connectivity index (χ4v) is 3.30. The molecule has 4 heteroatoms. The summed E-state index contributed by atoms with van der Waals surface area (Å²) >= 11 is 0. The summed E-state index contributed by atoms with van der Waals surface area (Å²) in [6, 6.07) is 14.6. The molecule has 1 saturated heterocycles. The number of benzene rings is 1. The minimum Gasteiger partial charge on any atom is -0.341 e. The molecule has 23 heavy (non-hydrogen) atoms. The summed E-state index contributed by atoms with van der Waals surface area (Å²) in [6.07, 6.45) is 1.99. The Morgan fingerprint density at radius 1 is 1.09 bits per heavy atom. The van der Waals surface area contributed by atoms with Crippen LogP contribution >= 0.6 is 0 Å². The Kier molecular flexibility index (Phi) is 4.53. The molecule has 1 fully saturated rings. The molecule has 1 aliphatic heterocycles. The van der Waals surface area contributed by atoms with Gasteiger partial charge in [0, 0.05) is 31.9 Å². The van der Waals surface area contributed by atoms with Gasteiger partial charge in [0.15, 0.2) is 0 Å². The van der Waals surface area contributed by atoms with Gasteiger partial charge >= 0.3 is 0 Å². The van der Waals surface area contributed by atoms with Gasteiger partial charge in [-0.3, -0.25) is 4.79 Å². The lowest BCUT2D eigenvalue weighted by Gasteiger charge is -2.40. The average Bonchev–Trinajstić information content (AvgIpc) is 3.05. The minimum atomic E-state index is 0.109. The van der Waals surface area contributed by atoms with Crippen molar-refractivity contribution in [1.29, 1.82) is 0 Å². The summed E-state index contributed by atoms with van der Waals surface area (Å²) in [6.45, 7) is 6.76. The minimum absolute atomic E-state index is 0.109. The lowest BCUT2D eigenvalue weighted by Crippen LogP contribution is -2.49. The molecule has 1 aliphatic rings. The zero-order valence-corrected chi connectivity index (χ0v) is 14.1. The fourth-order valence-electron chi connectivity index (χ4n) is 3.30. The van der Waals surface area contributed by atoms with Crippen molar-refractivity contribution in [3.63, 3.8) is 0 Å². The van der Waals surface area contributed by atoms with E-state index in [9.17, 15) is 4.79 Å². The van der Waals surface area contributed by atoms with Gasteiger partial charge in [0.05, 0.1) is 6.04 Å². The summed E-state index contributed by atoms with van der Waals surface area (Å²) in [7, 11) is 2.12. The lowest BCUT2D eigenvalue weighted by atomic mass is 10.0. The van der Waals surface area contributed by atoms with E-state index in [1.54, 1.807) is 0 Å². The van der Waals surface area contributed by atoms with Crippen molar-refractivity contribution in [2.75, 3.05) is 26.7 Å². The van der Waals surface area contributed by atoms with Crippen LogP contribution in [-0.4, -0.2) is 47.0 Å². The Hall–Kier alpha value is -2.07. The molecule has 2 aromatic rings. The summed E-state index contributed by atoms with van der Waals surface area (Å²) in [4.78, 5) is 17.5. The van der Waals surface area contributed by atoms with E-state index in [4.69, 9.17) is 0 Å². The highest BCUT2D eigenvalue weighted by Gasteiger charge is 2.32. The summed E-state index contributed by atoms with van der Waals surface area (Å²) < 4.78 is 2.06. The highest BCUT2D eigenvalue weighted by atomic mass is 16.2. The van der Waals surface area contributed by atoms with E-state index < -0.39 is 0 Å². The molecule has 1 aromatic carbocycles. The van der Waals surface area contributed by atoms with Crippen molar-refractivity contribution in [2.45, 2.75) is 25.9 Å². The van der Waals surface area contributed by atoms with Crippen molar-refractivity contribution in [3.05, 3.63) is 59.9 Å². The molecule has 0 radical (unpaired) electrons. The van der Waals surface area contributed by atoms with E-state index in [0.29, 0.717) is 0 Å². The smallest absolute Gasteiger partial charge is 0.271 e. The molecule has 0 aliphatic carbocycles. The van der Waals surface area contributed by atoms with Gasteiger partial charge in [-0.15, -0.1) is 0 Å². The van der Waals surface area contributed by atoms with Crippen LogP contribution in [0.1, 0.15) is 42.0 Å². The van der Waals surface area contributed by atoms with E-state index in [0.717, 1.165) is 25.3 Å². The van der Waals surface area contributed by atoms with Crippen LogP contribution in [0.5, 0.6) is 0 Å². The van der Waals surface area contributed by atoms with E-state index in [1.165, 1.54) is 5.56 Å². The maximum Gasteiger partial charge on any atom is 0.271 e. The van der Waals surface area contributed by atoms with E-state index >= 15 is 0 Å². The largest absolute Gasteiger partial charge is 0.341 e. The topological polar surface area (TPSA) is 28.5 Å². The molecular formula is C19H25N3O. The molecule has 122 valence electrons. The maximum atomic E-state index is 13.2. The second kappa shape index (κ2) is 6.59. The molecule has 0 saturated carbocycles. The van der Waals surface area contributed by atoms with Crippen molar-refractivity contribution in [3.8, 4) is 0 Å². The number of rotatable bonds is 3. The number of aromatic nitrogens is 1. The highest BCUT2D eigenvalue weighted by Crippen LogP contribution is 2.27. The van der Waals surface area contributed by atoms with Crippen LogP contribution < -0.4 is 0 Å². The molecular weight excluding hydrogens is 286 g/mol. The zero-order chi connectivity index (χ0) is 16.4. The van der Waals surface area contributed by atoms with Crippen molar-refractivity contribution in [1.82, 2.24) is 14.4 Å². The summed E-state index contributed by atoms with van der Waals surface area (Å²) in [5.41, 5.74) is 1.99. The van der Waals surface area contributed by atoms with Gasteiger partial charge in [0.2, 0.25) is 0 Å². The molecule has 1 amide bonds. The number of carbonyl (C=O) groups is 1. The van der Waals surface area contributed by atoms with Crippen molar-refractivity contribution < 1.29 is 4.79 Å². The first-order valence-corrected chi connectivity index (χ1v) is 8.29. The van der Waals surface area contributed by atoms with Gasteiger partial charge in [0.1, 0.15) is 5.69 Å². The van der Waals surface area contributed by atoms with E-state index in [2.05, 4.69) is 42.5 Å². The van der Waals surface area contributed by atoms with Crippen LogP contribution in [0.4, 0.5) is 0 Å². The van der Waals surface area contributed by atoms with Crippen molar-refractivity contribution in [2.24, 2.45) is 0 Å². The molecule has 3 rings (SSSR count). The summed E-state index contributed by atoms with van der Waals surface area (Å²) in [5.74, 6) is 0.130. The van der Waals surface area contributed by atoms with Crippen LogP contribution in [0.2, 0.25) is 0 Å². The second-order valence-electron chi connectivity index (χ2n) is 6.58. The number of hydrogen-bond donors (Lipinski definition) is 0. The predicted molar refractivity (Wildman–Crippen MR) is 92.5 cm³/mol. The Bertz CT molecular complexity index is 662. The van der Waals surface area contributed by atoms with Crippen LogP contribution in [0, 0.1) is 0 Å². The van der Waals surface area contributed by atoms with Crippen LogP contribution in [0.15, 0.2) is 48.7 Å². The Labute approximate surface area is 138 Å². The SMILES string of the molecule is CC(C)n1cccc1C(=O)N1CCN(C)C[C@@H]1c1ccccc1. The van der Waals surface area contributed by atoms with Gasteiger partial charge in [-0.1, -0.05) is 30.3 Å². The van der Waals surface area contributed by atoms with Crippen molar-refractivity contribution >= 4 is 5.91 Å². The number of hydrogen-bond acceptors (Lipinski definition) is 2. The Balaban J connectivity index is 1.92. The van der Waals surface area contributed by atoms with Crippen LogP contribution in [0.3, 0.4) is 0 Å². The van der Waals surface area contributed by atoms with Gasteiger partial charge in [0.25, 0.3) is 5.91 Å². The first-order chi connectivity index (χ1) is 11.1. The second-order valence-corrected chi connectivity index (χ2v) is 6.58. The number of nitrogens with zero attached hydrogens (tertiary/aromatic N) is 3. The Morgan fingerprint density at radius 2 is 1.83 bits per heavy atom. The molecule has 4 nitrogen and oxygen atoms in total. The number of likely N-dealkylation sites (N-methyl/N-ethyl adjacent to an activating group) is 1. The van der Waals surface area contributed by atoms with E-state index in [1.807, 2.05) is 41.4 Å². The zero-order valence-electron chi connectivity index (χ0n) is 14.1. The van der Waals surface area contributed by atoms with Gasteiger partial charge in [-0.25, -0.2) is 0 Å². The average molecular weight is 311 g/mol. The lowest BCUT2D eigenvalue weighted by molar-refractivity contribution is 0.0486.